The standard InChI is InChI=1S/C21H34N6O.HI/c1-6-18-9-11-19(12-10-18)16-26(4)21(22-13-8-14-28-7-2)23-15-20-25-24-17(3)27(20)5;/h9-12H,6-8,13-16H2,1-5H3,(H,22,23);1H. The van der Waals surface area contributed by atoms with E-state index in [-0.39, 0.29) is 24.0 Å². The van der Waals surface area contributed by atoms with E-state index in [1.54, 1.807) is 0 Å². The van der Waals surface area contributed by atoms with Crippen LogP contribution in [0.4, 0.5) is 0 Å². The van der Waals surface area contributed by atoms with Gasteiger partial charge in [-0.05, 0) is 37.8 Å². The van der Waals surface area contributed by atoms with Crippen LogP contribution in [0.15, 0.2) is 29.3 Å². The molecule has 2 aromatic rings. The van der Waals surface area contributed by atoms with Gasteiger partial charge >= 0.3 is 0 Å². The zero-order chi connectivity index (χ0) is 20.4. The first-order valence-corrected chi connectivity index (χ1v) is 10.0. The lowest BCUT2D eigenvalue weighted by molar-refractivity contribution is 0.145. The number of nitrogens with zero attached hydrogens (tertiary/aromatic N) is 5. The van der Waals surface area contributed by atoms with E-state index in [1.807, 2.05) is 25.5 Å². The molecule has 0 saturated carbocycles. The summed E-state index contributed by atoms with van der Waals surface area (Å²) in [5.74, 6) is 2.60. The molecule has 7 nitrogen and oxygen atoms in total. The monoisotopic (exact) mass is 514 g/mol. The number of aliphatic imine (C=N–C) groups is 1. The smallest absolute Gasteiger partial charge is 0.194 e. The fourth-order valence-corrected chi connectivity index (χ4v) is 2.79. The van der Waals surface area contributed by atoms with Gasteiger partial charge in [0.15, 0.2) is 11.8 Å². The number of nitrogens with one attached hydrogen (secondary N) is 1. The van der Waals surface area contributed by atoms with Gasteiger partial charge in [0.2, 0.25) is 0 Å². The first kappa shape index (κ1) is 25.4. The van der Waals surface area contributed by atoms with Gasteiger partial charge < -0.3 is 19.5 Å². The maximum Gasteiger partial charge on any atom is 0.194 e. The Morgan fingerprint density at radius 3 is 2.45 bits per heavy atom. The Bertz CT molecular complexity index is 744. The summed E-state index contributed by atoms with van der Waals surface area (Å²) in [6, 6.07) is 8.76. The first-order chi connectivity index (χ1) is 13.5. The van der Waals surface area contributed by atoms with Crippen LogP contribution in [-0.2, 0) is 31.3 Å². The number of aromatic nitrogens is 3. The summed E-state index contributed by atoms with van der Waals surface area (Å²) < 4.78 is 7.40. The van der Waals surface area contributed by atoms with E-state index in [0.717, 1.165) is 56.8 Å². The molecule has 0 aliphatic rings. The molecule has 0 radical (unpaired) electrons. The van der Waals surface area contributed by atoms with Crippen LogP contribution < -0.4 is 5.32 Å². The van der Waals surface area contributed by atoms with Crippen molar-refractivity contribution >= 4 is 29.9 Å². The number of benzene rings is 1. The van der Waals surface area contributed by atoms with Crippen LogP contribution in [0.3, 0.4) is 0 Å². The van der Waals surface area contributed by atoms with E-state index in [1.165, 1.54) is 11.1 Å². The van der Waals surface area contributed by atoms with Crippen molar-refractivity contribution in [1.29, 1.82) is 0 Å². The number of ether oxygens (including phenoxy) is 1. The molecule has 0 atom stereocenters. The van der Waals surface area contributed by atoms with Crippen molar-refractivity contribution in [1.82, 2.24) is 25.0 Å². The van der Waals surface area contributed by atoms with Gasteiger partial charge in [0.1, 0.15) is 12.4 Å². The largest absolute Gasteiger partial charge is 0.382 e. The van der Waals surface area contributed by atoms with Gasteiger partial charge in [-0.25, -0.2) is 4.99 Å². The molecule has 0 unspecified atom stereocenters. The Hall–Kier alpha value is -1.68. The average molecular weight is 514 g/mol. The third-order valence-corrected chi connectivity index (χ3v) is 4.72. The molecule has 162 valence electrons. The number of halogens is 1. The van der Waals surface area contributed by atoms with Crippen LogP contribution in [0, 0.1) is 6.92 Å². The molecule has 1 aromatic carbocycles. The highest BCUT2D eigenvalue weighted by molar-refractivity contribution is 14.0. The third kappa shape index (κ3) is 8.30. The van der Waals surface area contributed by atoms with E-state index < -0.39 is 0 Å². The lowest BCUT2D eigenvalue weighted by Crippen LogP contribution is -2.39. The number of hydrogen-bond acceptors (Lipinski definition) is 4. The highest BCUT2D eigenvalue weighted by atomic mass is 127. The van der Waals surface area contributed by atoms with Gasteiger partial charge in [0.25, 0.3) is 0 Å². The summed E-state index contributed by atoms with van der Waals surface area (Å²) in [5, 5.41) is 11.8. The fourth-order valence-electron chi connectivity index (χ4n) is 2.79. The summed E-state index contributed by atoms with van der Waals surface area (Å²) in [6.07, 6.45) is 2.00. The van der Waals surface area contributed by atoms with E-state index in [2.05, 4.69) is 58.7 Å². The minimum absolute atomic E-state index is 0. The Morgan fingerprint density at radius 2 is 1.86 bits per heavy atom. The van der Waals surface area contributed by atoms with Crippen LogP contribution in [0.5, 0.6) is 0 Å². The van der Waals surface area contributed by atoms with E-state index in [4.69, 9.17) is 9.73 Å². The molecule has 0 aliphatic heterocycles. The van der Waals surface area contributed by atoms with Crippen molar-refractivity contribution < 1.29 is 4.74 Å². The Balaban J connectivity index is 0.00000420. The maximum atomic E-state index is 5.43. The molecule has 29 heavy (non-hydrogen) atoms. The molecule has 2 rings (SSSR count). The third-order valence-electron chi connectivity index (χ3n) is 4.72. The van der Waals surface area contributed by atoms with Crippen molar-refractivity contribution in [2.45, 2.75) is 46.7 Å². The van der Waals surface area contributed by atoms with Gasteiger partial charge in [-0.15, -0.1) is 34.2 Å². The number of guanidine groups is 1. The molecule has 0 fully saturated rings. The van der Waals surface area contributed by atoms with Gasteiger partial charge in [-0.1, -0.05) is 31.2 Å². The zero-order valence-electron chi connectivity index (χ0n) is 18.3. The summed E-state index contributed by atoms with van der Waals surface area (Å²) in [5.41, 5.74) is 2.62. The van der Waals surface area contributed by atoms with E-state index in [9.17, 15) is 0 Å². The first-order valence-electron chi connectivity index (χ1n) is 10.0. The highest BCUT2D eigenvalue weighted by Crippen LogP contribution is 2.08. The van der Waals surface area contributed by atoms with Crippen molar-refractivity contribution in [3.63, 3.8) is 0 Å². The molecule has 8 heteroatoms. The summed E-state index contributed by atoms with van der Waals surface area (Å²) in [7, 11) is 4.03. The lowest BCUT2D eigenvalue weighted by Gasteiger charge is -2.23. The second kappa shape index (κ2) is 13.5. The average Bonchev–Trinajstić information content (AvgIpc) is 3.02. The molecule has 0 amide bonds. The molecule has 1 N–H and O–H groups in total. The van der Waals surface area contributed by atoms with Crippen LogP contribution >= 0.6 is 24.0 Å². The van der Waals surface area contributed by atoms with Gasteiger partial charge in [-0.2, -0.15) is 0 Å². The summed E-state index contributed by atoms with van der Waals surface area (Å²) >= 11 is 0. The molecule has 0 saturated heterocycles. The maximum absolute atomic E-state index is 5.43. The van der Waals surface area contributed by atoms with Crippen molar-refractivity contribution in [2.75, 3.05) is 26.8 Å². The second-order valence-electron chi connectivity index (χ2n) is 6.87. The summed E-state index contributed by atoms with van der Waals surface area (Å²) in [6.45, 7) is 9.73. The topological polar surface area (TPSA) is 67.6 Å². The fraction of sp³-hybridized carbons (Fsp3) is 0.571. The quantitative estimate of drug-likeness (QED) is 0.228. The molecular formula is C21H35IN6O. The van der Waals surface area contributed by atoms with Gasteiger partial charge in [-0.3, -0.25) is 0 Å². The highest BCUT2D eigenvalue weighted by Gasteiger charge is 2.09. The van der Waals surface area contributed by atoms with Crippen LogP contribution in [0.1, 0.15) is 43.0 Å². The lowest BCUT2D eigenvalue weighted by atomic mass is 10.1. The number of hydrogen-bond donors (Lipinski definition) is 1. The molecule has 0 aliphatic carbocycles. The van der Waals surface area contributed by atoms with E-state index >= 15 is 0 Å². The molecule has 0 spiro atoms. The van der Waals surface area contributed by atoms with Crippen LogP contribution in [0.2, 0.25) is 0 Å². The molecule has 1 heterocycles. The van der Waals surface area contributed by atoms with Gasteiger partial charge in [0.05, 0.1) is 0 Å². The molecule has 1 aromatic heterocycles. The SMILES string of the molecule is CCOCCCNC(=NCc1nnc(C)n1C)N(C)Cc1ccc(CC)cc1.I. The summed E-state index contributed by atoms with van der Waals surface area (Å²) in [4.78, 5) is 6.93. The van der Waals surface area contributed by atoms with Crippen molar-refractivity contribution in [3.8, 4) is 0 Å². The van der Waals surface area contributed by atoms with Crippen molar-refractivity contribution in [2.24, 2.45) is 12.0 Å². The predicted molar refractivity (Wildman–Crippen MR) is 129 cm³/mol. The second-order valence-corrected chi connectivity index (χ2v) is 6.87. The Morgan fingerprint density at radius 1 is 1.17 bits per heavy atom. The number of aryl methyl sites for hydroxylation is 2. The Labute approximate surface area is 192 Å². The molecular weight excluding hydrogens is 479 g/mol. The van der Waals surface area contributed by atoms with Crippen molar-refractivity contribution in [3.05, 3.63) is 47.0 Å². The minimum Gasteiger partial charge on any atom is -0.382 e. The molecule has 0 bridgehead atoms. The Kier molecular flexibility index (Phi) is 11.8. The van der Waals surface area contributed by atoms with Crippen LogP contribution in [0.25, 0.3) is 0 Å². The van der Waals surface area contributed by atoms with Gasteiger partial charge in [0, 0.05) is 40.4 Å². The zero-order valence-corrected chi connectivity index (χ0v) is 20.6. The van der Waals surface area contributed by atoms with Crippen LogP contribution in [-0.4, -0.2) is 52.4 Å². The van der Waals surface area contributed by atoms with E-state index in [0.29, 0.717) is 6.54 Å². The predicted octanol–water partition coefficient (Wildman–Crippen LogP) is 3.31. The minimum atomic E-state index is 0. The normalized spacial score (nSPS) is 11.3. The number of rotatable bonds is 10.